The molecule has 0 atom stereocenters. The molecule has 32 heavy (non-hydrogen) atoms. The van der Waals surface area contributed by atoms with Crippen molar-refractivity contribution in [3.05, 3.63) is 51.6 Å². The molecular weight excluding hydrogens is 470 g/mol. The first-order valence-electron chi connectivity index (χ1n) is 8.92. The van der Waals surface area contributed by atoms with E-state index in [0.29, 0.717) is 15.1 Å². The number of thiophene rings is 2. The van der Waals surface area contributed by atoms with Crippen molar-refractivity contribution in [3.63, 3.8) is 0 Å². The van der Waals surface area contributed by atoms with E-state index in [1.807, 2.05) is 6.92 Å². The highest BCUT2D eigenvalue weighted by atomic mass is 32.1. The molecule has 0 saturated carbocycles. The van der Waals surface area contributed by atoms with Crippen LogP contribution in [0.25, 0.3) is 20.7 Å². The van der Waals surface area contributed by atoms with Gasteiger partial charge in [-0.05, 0) is 31.2 Å². The third-order valence-corrected chi connectivity index (χ3v) is 6.55. The summed E-state index contributed by atoms with van der Waals surface area (Å²) in [6.45, 7) is -1.10. The number of primary amides is 1. The average molecular weight is 483 g/mol. The number of hydrogen-bond acceptors (Lipinski definition) is 6. The van der Waals surface area contributed by atoms with E-state index >= 15 is 0 Å². The molecule has 0 bridgehead atoms. The highest BCUT2D eigenvalue weighted by Crippen LogP contribution is 2.44. The third kappa shape index (κ3) is 3.96. The van der Waals surface area contributed by atoms with Crippen molar-refractivity contribution in [1.82, 2.24) is 14.8 Å². The minimum Gasteiger partial charge on any atom is -0.365 e. The van der Waals surface area contributed by atoms with E-state index in [4.69, 9.17) is 5.73 Å². The Hall–Kier alpha value is -3.32. The number of carbonyl (C=O) groups excluding carboxylic acids is 2. The summed E-state index contributed by atoms with van der Waals surface area (Å²) in [5, 5.41) is 6.22. The summed E-state index contributed by atoms with van der Waals surface area (Å²) < 4.78 is 52.8. The lowest BCUT2D eigenvalue weighted by Gasteiger charge is -2.09. The molecule has 0 spiro atoms. The number of carbonyl (C=O) groups is 2. The number of pyridine rings is 1. The molecule has 13 heteroatoms. The second-order valence-electron chi connectivity index (χ2n) is 6.57. The zero-order valence-electron chi connectivity index (χ0n) is 16.1. The van der Waals surface area contributed by atoms with Crippen LogP contribution in [0, 0.1) is 6.92 Å². The molecule has 0 fully saturated rings. The zero-order valence-corrected chi connectivity index (χ0v) is 17.7. The molecule has 4 heterocycles. The summed E-state index contributed by atoms with van der Waals surface area (Å²) in [4.78, 5) is 30.2. The fraction of sp³-hybridized carbons (Fsp3) is 0.158. The number of fused-ring (bicyclic) bond motifs is 1. The normalized spacial score (nSPS) is 11.6. The lowest BCUT2D eigenvalue weighted by Crippen LogP contribution is -2.17. The molecule has 166 valence electrons. The van der Waals surface area contributed by atoms with Crippen LogP contribution in [0.5, 0.6) is 0 Å². The van der Waals surface area contributed by atoms with E-state index in [1.165, 1.54) is 17.4 Å². The summed E-state index contributed by atoms with van der Waals surface area (Å²) in [6.07, 6.45) is -1.94. The summed E-state index contributed by atoms with van der Waals surface area (Å²) >= 11 is 2.08. The Balaban J connectivity index is 1.91. The van der Waals surface area contributed by atoms with E-state index in [2.05, 4.69) is 15.4 Å². The Morgan fingerprint density at radius 3 is 2.47 bits per heavy atom. The molecule has 0 aromatic carbocycles. The minimum absolute atomic E-state index is 0.0385. The molecule has 0 unspecified atom stereocenters. The quantitative estimate of drug-likeness (QED) is 0.367. The fourth-order valence-electron chi connectivity index (χ4n) is 3.04. The molecule has 7 nitrogen and oxygen atoms in total. The number of nitrogens with zero attached hydrogens (tertiary/aromatic N) is 3. The highest BCUT2D eigenvalue weighted by Gasteiger charge is 2.26. The summed E-state index contributed by atoms with van der Waals surface area (Å²) in [7, 11) is 0. The standard InChI is InChI=1S/C19H13F4N5O2S2/c1-7-2-3-11(31-7)8-6-10(15(20)21)25-18-12(8)13(14(32-18)16(24)29)26-17(30)9-4-5-28(27-9)19(22)23/h2-6,15,19H,1H3,(H2,24,29)(H,26,30). The summed E-state index contributed by atoms with van der Waals surface area (Å²) in [6, 6.07) is 5.79. The summed E-state index contributed by atoms with van der Waals surface area (Å²) in [5.74, 6) is -1.79. The van der Waals surface area contributed by atoms with Crippen molar-refractivity contribution in [2.45, 2.75) is 19.9 Å². The van der Waals surface area contributed by atoms with Crippen LogP contribution >= 0.6 is 22.7 Å². The molecule has 3 N–H and O–H groups in total. The lowest BCUT2D eigenvalue weighted by atomic mass is 10.1. The molecule has 0 aliphatic carbocycles. The van der Waals surface area contributed by atoms with Crippen LogP contribution in [0.2, 0.25) is 0 Å². The zero-order chi connectivity index (χ0) is 23.2. The molecule has 4 aromatic rings. The molecule has 4 aromatic heterocycles. The molecule has 2 amide bonds. The van der Waals surface area contributed by atoms with Gasteiger partial charge in [-0.15, -0.1) is 22.7 Å². The van der Waals surface area contributed by atoms with Crippen molar-refractivity contribution >= 4 is 50.4 Å². The topological polar surface area (TPSA) is 103 Å². The number of nitrogens with one attached hydrogen (secondary N) is 1. The first-order chi connectivity index (χ1) is 15.2. The maximum absolute atomic E-state index is 13.5. The van der Waals surface area contributed by atoms with Gasteiger partial charge in [-0.3, -0.25) is 9.59 Å². The number of hydrogen-bond donors (Lipinski definition) is 2. The Labute approximate surface area is 185 Å². The number of aromatic nitrogens is 3. The number of amides is 2. The van der Waals surface area contributed by atoms with Crippen molar-refractivity contribution in [2.75, 3.05) is 5.32 Å². The van der Waals surface area contributed by atoms with Crippen molar-refractivity contribution in [3.8, 4) is 10.4 Å². The number of nitrogens with two attached hydrogens (primary N) is 1. The number of anilines is 1. The Bertz CT molecular complexity index is 1340. The van der Waals surface area contributed by atoms with Crippen LogP contribution in [0.3, 0.4) is 0 Å². The van der Waals surface area contributed by atoms with Crippen LogP contribution in [0.4, 0.5) is 23.2 Å². The molecule has 0 saturated heterocycles. The van der Waals surface area contributed by atoms with Crippen LogP contribution in [-0.4, -0.2) is 26.6 Å². The van der Waals surface area contributed by atoms with Crippen LogP contribution < -0.4 is 11.1 Å². The summed E-state index contributed by atoms with van der Waals surface area (Å²) in [5.41, 5.74) is 4.93. The Morgan fingerprint density at radius 2 is 1.91 bits per heavy atom. The predicted octanol–water partition coefficient (Wildman–Crippen LogP) is 5.21. The molecule has 0 aliphatic rings. The third-order valence-electron chi connectivity index (χ3n) is 4.41. The first kappa shape index (κ1) is 21.9. The van der Waals surface area contributed by atoms with Crippen molar-refractivity contribution < 1.29 is 27.2 Å². The smallest absolute Gasteiger partial charge is 0.333 e. The van der Waals surface area contributed by atoms with Crippen molar-refractivity contribution in [1.29, 1.82) is 0 Å². The second-order valence-corrected chi connectivity index (χ2v) is 8.86. The SMILES string of the molecule is Cc1ccc(-c2cc(C(F)F)nc3sc(C(N)=O)c(NC(=O)c4ccn(C(F)F)n4)c23)s1. The number of aryl methyl sites for hydroxylation is 1. The van der Waals surface area contributed by atoms with Gasteiger partial charge >= 0.3 is 6.55 Å². The minimum atomic E-state index is -2.94. The second kappa shape index (κ2) is 8.31. The van der Waals surface area contributed by atoms with Gasteiger partial charge in [-0.25, -0.2) is 18.4 Å². The number of halogens is 4. The molecule has 0 radical (unpaired) electrons. The highest BCUT2D eigenvalue weighted by molar-refractivity contribution is 7.21. The maximum atomic E-state index is 13.5. The fourth-order valence-corrected chi connectivity index (χ4v) is 4.95. The van der Waals surface area contributed by atoms with Crippen LogP contribution in [0.1, 0.15) is 43.7 Å². The predicted molar refractivity (Wildman–Crippen MR) is 113 cm³/mol. The van der Waals surface area contributed by atoms with E-state index < -0.39 is 30.5 Å². The van der Waals surface area contributed by atoms with Crippen molar-refractivity contribution in [2.24, 2.45) is 5.73 Å². The Kier molecular flexibility index (Phi) is 5.69. The lowest BCUT2D eigenvalue weighted by molar-refractivity contribution is 0.0561. The number of rotatable bonds is 6. The van der Waals surface area contributed by atoms with Gasteiger partial charge in [0.2, 0.25) is 0 Å². The largest absolute Gasteiger partial charge is 0.365 e. The maximum Gasteiger partial charge on any atom is 0.333 e. The van der Waals surface area contributed by atoms with Crippen LogP contribution in [-0.2, 0) is 0 Å². The van der Waals surface area contributed by atoms with Crippen LogP contribution in [0.15, 0.2) is 30.5 Å². The van der Waals surface area contributed by atoms with Gasteiger partial charge in [0, 0.05) is 26.9 Å². The average Bonchev–Trinajstić information content (AvgIpc) is 3.45. The van der Waals surface area contributed by atoms with Gasteiger partial charge in [0.1, 0.15) is 15.4 Å². The number of alkyl halides is 4. The van der Waals surface area contributed by atoms with Gasteiger partial charge in [0.25, 0.3) is 18.2 Å². The monoisotopic (exact) mass is 483 g/mol. The first-order valence-corrected chi connectivity index (χ1v) is 10.6. The van der Waals surface area contributed by atoms with Gasteiger partial charge in [0.15, 0.2) is 5.69 Å². The van der Waals surface area contributed by atoms with Gasteiger partial charge in [-0.2, -0.15) is 13.9 Å². The van der Waals surface area contributed by atoms with E-state index in [1.54, 1.807) is 12.1 Å². The van der Waals surface area contributed by atoms with E-state index in [9.17, 15) is 27.2 Å². The Morgan fingerprint density at radius 1 is 1.16 bits per heavy atom. The van der Waals surface area contributed by atoms with Gasteiger partial charge in [0.05, 0.1) is 5.69 Å². The molecular formula is C19H13F4N5O2S2. The van der Waals surface area contributed by atoms with Gasteiger partial charge < -0.3 is 11.1 Å². The van der Waals surface area contributed by atoms with E-state index in [0.717, 1.165) is 28.5 Å². The molecule has 0 aliphatic heterocycles. The molecule has 4 rings (SSSR count). The van der Waals surface area contributed by atoms with E-state index in [-0.39, 0.29) is 26.5 Å². The van der Waals surface area contributed by atoms with Gasteiger partial charge in [-0.1, -0.05) is 0 Å².